The second-order valence-electron chi connectivity index (χ2n) is 4.11. The zero-order chi connectivity index (χ0) is 13.8. The normalized spacial score (nSPS) is 12.2. The molecule has 0 unspecified atom stereocenters. The highest BCUT2D eigenvalue weighted by Crippen LogP contribution is 2.31. The zero-order valence-electron chi connectivity index (χ0n) is 10.4. The maximum atomic E-state index is 6.03. The van der Waals surface area contributed by atoms with Crippen LogP contribution in [0.2, 0.25) is 10.0 Å². The Morgan fingerprint density at radius 1 is 1.26 bits per heavy atom. The summed E-state index contributed by atoms with van der Waals surface area (Å²) in [7, 11) is 0. The summed E-state index contributed by atoms with van der Waals surface area (Å²) >= 11 is 11.9. The molecule has 0 fully saturated rings. The molecule has 0 saturated carbocycles. The van der Waals surface area contributed by atoms with Gasteiger partial charge in [-0.05, 0) is 36.8 Å². The van der Waals surface area contributed by atoms with Crippen molar-refractivity contribution in [2.75, 3.05) is 0 Å². The van der Waals surface area contributed by atoms with Crippen molar-refractivity contribution < 1.29 is 4.74 Å². The Morgan fingerprint density at radius 3 is 2.63 bits per heavy atom. The molecule has 1 aromatic carbocycles. The van der Waals surface area contributed by atoms with Gasteiger partial charge in [-0.2, -0.15) is 0 Å². The molecule has 2 aromatic rings. The van der Waals surface area contributed by atoms with E-state index in [2.05, 4.69) is 4.98 Å². The van der Waals surface area contributed by atoms with Crippen LogP contribution in [0.1, 0.15) is 25.1 Å². The first kappa shape index (κ1) is 14.1. The standard InChI is InChI=1S/C14H14Cl2N2O/c1-2-12(17)13-5-4-10(8-18-13)19-14-6-3-9(15)7-11(14)16/h3-8,12H,2,17H2,1H3/t12-/m1/s1. The lowest BCUT2D eigenvalue weighted by atomic mass is 10.1. The molecule has 0 aliphatic rings. The van der Waals surface area contributed by atoms with Gasteiger partial charge in [0.1, 0.15) is 11.5 Å². The van der Waals surface area contributed by atoms with Gasteiger partial charge in [0.2, 0.25) is 0 Å². The summed E-state index contributed by atoms with van der Waals surface area (Å²) < 4.78 is 5.64. The summed E-state index contributed by atoms with van der Waals surface area (Å²) in [6.45, 7) is 2.02. The minimum absolute atomic E-state index is 0.0480. The molecule has 0 aliphatic heterocycles. The maximum Gasteiger partial charge on any atom is 0.146 e. The predicted molar refractivity (Wildman–Crippen MR) is 78.0 cm³/mol. The van der Waals surface area contributed by atoms with Crippen molar-refractivity contribution in [3.8, 4) is 11.5 Å². The van der Waals surface area contributed by atoms with E-state index in [-0.39, 0.29) is 6.04 Å². The first-order chi connectivity index (χ1) is 9.10. The molecular formula is C14H14Cl2N2O. The molecule has 0 spiro atoms. The molecule has 2 N–H and O–H groups in total. The van der Waals surface area contributed by atoms with Gasteiger partial charge in [0.05, 0.1) is 16.9 Å². The molecule has 5 heteroatoms. The Kier molecular flexibility index (Phi) is 4.64. The van der Waals surface area contributed by atoms with Crippen molar-refractivity contribution in [3.05, 3.63) is 52.3 Å². The van der Waals surface area contributed by atoms with Crippen molar-refractivity contribution in [1.82, 2.24) is 4.98 Å². The molecule has 2 rings (SSSR count). The van der Waals surface area contributed by atoms with Crippen LogP contribution in [0.5, 0.6) is 11.5 Å². The number of nitrogens with zero attached hydrogens (tertiary/aromatic N) is 1. The van der Waals surface area contributed by atoms with Crippen LogP contribution in [0.15, 0.2) is 36.5 Å². The van der Waals surface area contributed by atoms with Crippen LogP contribution in [-0.2, 0) is 0 Å². The van der Waals surface area contributed by atoms with Gasteiger partial charge in [0.15, 0.2) is 0 Å². The van der Waals surface area contributed by atoms with E-state index in [0.29, 0.717) is 21.5 Å². The van der Waals surface area contributed by atoms with Gasteiger partial charge < -0.3 is 10.5 Å². The predicted octanol–water partition coefficient (Wildman–Crippen LogP) is 4.59. The largest absolute Gasteiger partial charge is 0.454 e. The fourth-order valence-corrected chi connectivity index (χ4v) is 2.01. The van der Waals surface area contributed by atoms with E-state index in [1.807, 2.05) is 19.1 Å². The number of rotatable bonds is 4. The van der Waals surface area contributed by atoms with Gasteiger partial charge in [0, 0.05) is 11.1 Å². The zero-order valence-corrected chi connectivity index (χ0v) is 11.9. The Hall–Kier alpha value is -1.29. The van der Waals surface area contributed by atoms with E-state index in [9.17, 15) is 0 Å². The summed E-state index contributed by atoms with van der Waals surface area (Å²) in [5, 5.41) is 1.03. The Labute approximate surface area is 122 Å². The third-order valence-corrected chi connectivity index (χ3v) is 3.23. The molecule has 0 radical (unpaired) electrons. The van der Waals surface area contributed by atoms with Crippen LogP contribution in [0.25, 0.3) is 0 Å². The molecular weight excluding hydrogens is 283 g/mol. The third kappa shape index (κ3) is 3.60. The molecule has 19 heavy (non-hydrogen) atoms. The number of ether oxygens (including phenoxy) is 1. The summed E-state index contributed by atoms with van der Waals surface area (Å²) in [4.78, 5) is 4.27. The molecule has 0 bridgehead atoms. The van der Waals surface area contributed by atoms with Crippen LogP contribution < -0.4 is 10.5 Å². The van der Waals surface area contributed by atoms with Gasteiger partial charge in [0.25, 0.3) is 0 Å². The Morgan fingerprint density at radius 2 is 2.05 bits per heavy atom. The van der Waals surface area contributed by atoms with E-state index >= 15 is 0 Å². The highest BCUT2D eigenvalue weighted by atomic mass is 35.5. The molecule has 0 amide bonds. The van der Waals surface area contributed by atoms with Gasteiger partial charge in [-0.25, -0.2) is 0 Å². The molecule has 0 saturated heterocycles. The van der Waals surface area contributed by atoms with E-state index in [4.69, 9.17) is 33.7 Å². The summed E-state index contributed by atoms with van der Waals surface area (Å²) in [6.07, 6.45) is 2.48. The van der Waals surface area contributed by atoms with E-state index in [1.54, 1.807) is 24.4 Å². The lowest BCUT2D eigenvalue weighted by Crippen LogP contribution is -2.10. The van der Waals surface area contributed by atoms with E-state index < -0.39 is 0 Å². The minimum atomic E-state index is -0.0480. The third-order valence-electron chi connectivity index (χ3n) is 2.70. The van der Waals surface area contributed by atoms with Gasteiger partial charge in [-0.3, -0.25) is 4.98 Å². The number of benzene rings is 1. The fraction of sp³-hybridized carbons (Fsp3) is 0.214. The van der Waals surface area contributed by atoms with Crippen molar-refractivity contribution >= 4 is 23.2 Å². The van der Waals surface area contributed by atoms with E-state index in [1.165, 1.54) is 0 Å². The lowest BCUT2D eigenvalue weighted by molar-refractivity contribution is 0.479. The van der Waals surface area contributed by atoms with Crippen LogP contribution in [-0.4, -0.2) is 4.98 Å². The lowest BCUT2D eigenvalue weighted by Gasteiger charge is -2.10. The highest BCUT2D eigenvalue weighted by molar-refractivity contribution is 6.35. The number of pyridine rings is 1. The second kappa shape index (κ2) is 6.24. The smallest absolute Gasteiger partial charge is 0.146 e. The van der Waals surface area contributed by atoms with E-state index in [0.717, 1.165) is 12.1 Å². The van der Waals surface area contributed by atoms with Crippen LogP contribution in [0.4, 0.5) is 0 Å². The quantitative estimate of drug-likeness (QED) is 0.897. The molecule has 1 heterocycles. The van der Waals surface area contributed by atoms with Crippen molar-refractivity contribution in [2.24, 2.45) is 5.73 Å². The summed E-state index contributed by atoms with van der Waals surface area (Å²) in [5.41, 5.74) is 6.74. The topological polar surface area (TPSA) is 48.1 Å². The van der Waals surface area contributed by atoms with Crippen molar-refractivity contribution in [2.45, 2.75) is 19.4 Å². The fourth-order valence-electron chi connectivity index (χ4n) is 1.57. The number of hydrogen-bond acceptors (Lipinski definition) is 3. The van der Waals surface area contributed by atoms with Gasteiger partial charge in [-0.15, -0.1) is 0 Å². The average molecular weight is 297 g/mol. The van der Waals surface area contributed by atoms with Crippen molar-refractivity contribution in [1.29, 1.82) is 0 Å². The number of nitrogens with two attached hydrogens (primary N) is 1. The number of halogens is 2. The second-order valence-corrected chi connectivity index (χ2v) is 4.95. The molecule has 1 atom stereocenters. The average Bonchev–Trinajstić information content (AvgIpc) is 2.42. The molecule has 100 valence electrons. The highest BCUT2D eigenvalue weighted by Gasteiger charge is 2.07. The minimum Gasteiger partial charge on any atom is -0.454 e. The monoisotopic (exact) mass is 296 g/mol. The van der Waals surface area contributed by atoms with Crippen molar-refractivity contribution in [3.63, 3.8) is 0 Å². The molecule has 1 aromatic heterocycles. The molecule has 0 aliphatic carbocycles. The van der Waals surface area contributed by atoms with Crippen LogP contribution in [0.3, 0.4) is 0 Å². The van der Waals surface area contributed by atoms with Crippen LogP contribution >= 0.6 is 23.2 Å². The molecule has 3 nitrogen and oxygen atoms in total. The first-order valence-corrected chi connectivity index (χ1v) is 6.70. The van der Waals surface area contributed by atoms with Gasteiger partial charge >= 0.3 is 0 Å². The Bertz CT molecular complexity index is 558. The summed E-state index contributed by atoms with van der Waals surface area (Å²) in [5.74, 6) is 1.15. The number of hydrogen-bond donors (Lipinski definition) is 1. The SMILES string of the molecule is CC[C@@H](N)c1ccc(Oc2ccc(Cl)cc2Cl)cn1. The van der Waals surface area contributed by atoms with Gasteiger partial charge in [-0.1, -0.05) is 30.1 Å². The van der Waals surface area contributed by atoms with Crippen LogP contribution in [0, 0.1) is 0 Å². The Balaban J connectivity index is 2.15. The maximum absolute atomic E-state index is 6.03. The summed E-state index contributed by atoms with van der Waals surface area (Å²) in [6, 6.07) is 8.70. The first-order valence-electron chi connectivity index (χ1n) is 5.94. The number of aromatic nitrogens is 1.